The summed E-state index contributed by atoms with van der Waals surface area (Å²) in [5, 5.41) is 6.59. The first-order valence-corrected chi connectivity index (χ1v) is 24.7. The molecule has 1 aromatic heterocycles. The Morgan fingerprint density at radius 3 is 2.56 bits per heavy atom. The Bertz CT molecular complexity index is 2250. The summed E-state index contributed by atoms with van der Waals surface area (Å²) in [5.41, 5.74) is 0.155. The first-order valence-electron chi connectivity index (χ1n) is 23.2. The van der Waals surface area contributed by atoms with Crippen molar-refractivity contribution >= 4 is 44.7 Å². The van der Waals surface area contributed by atoms with E-state index < -0.39 is 73.6 Å². The van der Waals surface area contributed by atoms with Crippen LogP contribution in [-0.4, -0.2) is 128 Å². The Balaban J connectivity index is 1.12. The topological polar surface area (TPSA) is 195 Å². The fourth-order valence-electron chi connectivity index (χ4n) is 9.44. The molecule has 2 aromatic rings. The second-order valence-electron chi connectivity index (χ2n) is 20.3. The zero-order valence-electron chi connectivity index (χ0n) is 38.0. The van der Waals surface area contributed by atoms with Crippen LogP contribution < -0.4 is 24.8 Å². The van der Waals surface area contributed by atoms with E-state index in [1.54, 1.807) is 6.92 Å². The lowest BCUT2D eigenvalue weighted by Gasteiger charge is -2.35. The van der Waals surface area contributed by atoms with Crippen molar-refractivity contribution in [2.24, 2.45) is 17.3 Å². The molecule has 7 atom stereocenters. The number of amides is 4. The number of carbonyl (C=O) groups is 4. The van der Waals surface area contributed by atoms with Crippen LogP contribution in [0.1, 0.15) is 103 Å². The van der Waals surface area contributed by atoms with E-state index in [4.69, 9.17) is 23.9 Å². The van der Waals surface area contributed by atoms with E-state index in [0.29, 0.717) is 37.3 Å². The minimum absolute atomic E-state index is 0.0260. The molecule has 64 heavy (non-hydrogen) atoms. The van der Waals surface area contributed by atoms with E-state index in [1.165, 1.54) is 11.0 Å². The number of hydrogen-bond acceptors (Lipinski definition) is 12. The molecule has 6 aliphatic rings. The van der Waals surface area contributed by atoms with Gasteiger partial charge < -0.3 is 34.5 Å². The Hall–Kier alpha value is -4.48. The summed E-state index contributed by atoms with van der Waals surface area (Å²) in [7, 11) is -4.02. The minimum Gasteiger partial charge on any atom is -0.492 e. The average Bonchev–Trinajstić information content (AvgIpc) is 4.21. The number of nitrogens with zero attached hydrogens (tertiary/aromatic N) is 3. The standard InChI is InChI=1S/C47H66N6O10S/c1-7-31-27-47(31,43(56)51-64(58,59)46(6)16-17-46)50-40(54)36-26-32-28-53(36)42(55)39(45(3,4)5)49-44(57)63-37-25-30(37)12-9-8-10-13-34-38(61-21-11-18-52-19-22-60-23-20-52)33-15-14-29(2)24-35(33)48-41(34)62-32/h7,14-15,24,30-32,36-37,39H,1,8-13,16-23,25-28H2,2-6H3,(H,49,57)(H,50,54)(H,51,56)/t30-,31-,32-,36+,37-,39-,47-/m1/s1. The van der Waals surface area contributed by atoms with Crippen molar-refractivity contribution in [2.75, 3.05) is 46.0 Å². The third-order valence-corrected chi connectivity index (χ3v) is 16.3. The van der Waals surface area contributed by atoms with Gasteiger partial charge in [-0.25, -0.2) is 18.2 Å². The van der Waals surface area contributed by atoms with Crippen molar-refractivity contribution in [2.45, 2.75) is 140 Å². The van der Waals surface area contributed by atoms with Gasteiger partial charge >= 0.3 is 6.09 Å². The molecule has 3 saturated carbocycles. The minimum atomic E-state index is -4.02. The van der Waals surface area contributed by atoms with Crippen molar-refractivity contribution in [3.63, 3.8) is 0 Å². The fourth-order valence-corrected chi connectivity index (χ4v) is 10.8. The van der Waals surface area contributed by atoms with E-state index in [9.17, 15) is 27.6 Å². The number of pyridine rings is 1. The molecular weight excluding hydrogens is 841 g/mol. The molecule has 17 heteroatoms. The number of ether oxygens (including phenoxy) is 4. The molecule has 2 bridgehead atoms. The zero-order valence-corrected chi connectivity index (χ0v) is 38.9. The Kier molecular flexibility index (Phi) is 13.0. The van der Waals surface area contributed by atoms with Crippen molar-refractivity contribution in [3.8, 4) is 11.6 Å². The van der Waals surface area contributed by atoms with Crippen LogP contribution in [0.5, 0.6) is 11.6 Å². The lowest BCUT2D eigenvalue weighted by molar-refractivity contribution is -0.142. The van der Waals surface area contributed by atoms with Gasteiger partial charge in [-0.1, -0.05) is 45.8 Å². The molecular formula is C47H66N6O10S. The largest absolute Gasteiger partial charge is 0.492 e. The van der Waals surface area contributed by atoms with Gasteiger partial charge in [0.15, 0.2) is 0 Å². The van der Waals surface area contributed by atoms with E-state index in [-0.39, 0.29) is 31.4 Å². The normalized spacial score (nSPS) is 29.7. The van der Waals surface area contributed by atoms with Gasteiger partial charge in [-0.2, -0.15) is 0 Å². The molecule has 4 amide bonds. The third-order valence-electron chi connectivity index (χ3n) is 14.1. The average molecular weight is 907 g/mol. The number of rotatable bonds is 11. The van der Waals surface area contributed by atoms with Gasteiger partial charge in [0, 0.05) is 37.4 Å². The molecule has 5 fully saturated rings. The SMILES string of the molecule is C=C[C@@H]1C[C@]1(NC(=O)[C@@H]1C[C@@H]2CN1C(=O)[C@H](C(C)(C)C)NC(=O)O[C@@H]1C[C@H]1CCCCCc1c(nc3cc(C)ccc3c1OCCCN1CCOCC1)O2)C(=O)NS(=O)(=O)C1(C)CC1. The summed E-state index contributed by atoms with van der Waals surface area (Å²) >= 11 is 0. The second-order valence-corrected chi connectivity index (χ2v) is 22.5. The molecule has 16 nitrogen and oxygen atoms in total. The molecule has 3 aliphatic heterocycles. The maximum absolute atomic E-state index is 14.9. The predicted molar refractivity (Wildman–Crippen MR) is 239 cm³/mol. The number of carbonyl (C=O) groups excluding carboxylic acids is 4. The van der Waals surface area contributed by atoms with E-state index in [2.05, 4.69) is 26.8 Å². The molecule has 0 radical (unpaired) electrons. The summed E-state index contributed by atoms with van der Waals surface area (Å²) < 4.78 is 52.6. The Morgan fingerprint density at radius 2 is 1.86 bits per heavy atom. The highest BCUT2D eigenvalue weighted by molar-refractivity contribution is 7.91. The highest BCUT2D eigenvalue weighted by atomic mass is 32.2. The van der Waals surface area contributed by atoms with Crippen molar-refractivity contribution < 1.29 is 46.5 Å². The van der Waals surface area contributed by atoms with Crippen molar-refractivity contribution in [1.29, 1.82) is 0 Å². The number of alkyl carbamates (subject to hydrolysis) is 1. The summed E-state index contributed by atoms with van der Waals surface area (Å²) in [6.45, 7) is 17.5. The molecule has 0 spiro atoms. The van der Waals surface area contributed by atoms with Gasteiger partial charge in [0.25, 0.3) is 5.91 Å². The highest BCUT2D eigenvalue weighted by Crippen LogP contribution is 2.47. The van der Waals surface area contributed by atoms with Crippen LogP contribution in [-0.2, 0) is 40.3 Å². The Labute approximate surface area is 377 Å². The summed E-state index contributed by atoms with van der Waals surface area (Å²) in [5.74, 6) is -1.21. The lowest BCUT2D eigenvalue weighted by Crippen LogP contribution is -2.60. The van der Waals surface area contributed by atoms with Crippen LogP contribution in [0.3, 0.4) is 0 Å². The van der Waals surface area contributed by atoms with Crippen LogP contribution in [0, 0.1) is 24.2 Å². The van der Waals surface area contributed by atoms with Crippen LogP contribution >= 0.6 is 0 Å². The molecule has 350 valence electrons. The number of hydrogen-bond donors (Lipinski definition) is 3. The van der Waals surface area contributed by atoms with Crippen molar-refractivity contribution in [1.82, 2.24) is 30.1 Å². The van der Waals surface area contributed by atoms with Gasteiger partial charge in [-0.15, -0.1) is 6.58 Å². The number of aryl methyl sites for hydroxylation is 1. The number of morpholine rings is 1. The Morgan fingerprint density at radius 1 is 1.09 bits per heavy atom. The monoisotopic (exact) mass is 906 g/mol. The fraction of sp³-hybridized carbons (Fsp3) is 0.681. The van der Waals surface area contributed by atoms with Gasteiger partial charge in [0.1, 0.15) is 35.6 Å². The highest BCUT2D eigenvalue weighted by Gasteiger charge is 2.63. The van der Waals surface area contributed by atoms with E-state index >= 15 is 0 Å². The first-order chi connectivity index (χ1) is 30.4. The predicted octanol–water partition coefficient (Wildman–Crippen LogP) is 4.70. The summed E-state index contributed by atoms with van der Waals surface area (Å²) in [6.07, 6.45) is 6.68. The molecule has 0 unspecified atom stereocenters. The van der Waals surface area contributed by atoms with Crippen molar-refractivity contribution in [3.05, 3.63) is 42.0 Å². The smallest absolute Gasteiger partial charge is 0.408 e. The lowest BCUT2D eigenvalue weighted by atomic mass is 9.85. The molecule has 4 heterocycles. The van der Waals surface area contributed by atoms with Crippen LogP contribution in [0.25, 0.3) is 10.9 Å². The molecule has 8 rings (SSSR count). The van der Waals surface area contributed by atoms with Crippen LogP contribution in [0.4, 0.5) is 4.79 Å². The number of benzene rings is 1. The number of fused-ring (bicyclic) bond motifs is 5. The third kappa shape index (κ3) is 9.86. The van der Waals surface area contributed by atoms with Gasteiger partial charge in [-0.05, 0) is 94.2 Å². The van der Waals surface area contributed by atoms with Gasteiger partial charge in [-0.3, -0.25) is 24.0 Å². The quantitative estimate of drug-likeness (QED) is 0.208. The molecule has 2 saturated heterocycles. The zero-order chi connectivity index (χ0) is 45.6. The maximum Gasteiger partial charge on any atom is 0.408 e. The number of sulfonamides is 1. The summed E-state index contributed by atoms with van der Waals surface area (Å²) in [4.78, 5) is 65.8. The van der Waals surface area contributed by atoms with E-state index in [0.717, 1.165) is 93.6 Å². The molecule has 3 N–H and O–H groups in total. The molecule has 1 aromatic carbocycles. The van der Waals surface area contributed by atoms with Gasteiger partial charge in [0.2, 0.25) is 27.7 Å². The first kappa shape index (κ1) is 46.1. The maximum atomic E-state index is 14.9. The van der Waals surface area contributed by atoms with E-state index in [1.807, 2.05) is 45.9 Å². The van der Waals surface area contributed by atoms with Gasteiger partial charge in [0.05, 0.1) is 42.2 Å². The second kappa shape index (κ2) is 18.1. The molecule has 3 aliphatic carbocycles. The number of nitrogens with one attached hydrogen (secondary N) is 3. The van der Waals surface area contributed by atoms with Crippen LogP contribution in [0.15, 0.2) is 30.9 Å². The number of aromatic nitrogens is 1. The summed E-state index contributed by atoms with van der Waals surface area (Å²) in [6, 6.07) is 3.83. The van der Waals surface area contributed by atoms with Crippen LogP contribution in [0.2, 0.25) is 0 Å².